The molecule has 16 heavy (non-hydrogen) atoms. The normalized spacial score (nSPS) is 11.9. The average molecular weight is 264 g/mol. The van der Waals surface area contributed by atoms with Crippen molar-refractivity contribution in [2.45, 2.75) is 18.4 Å². The van der Waals surface area contributed by atoms with Crippen molar-refractivity contribution in [3.8, 4) is 0 Å². The monoisotopic (exact) mass is 264 g/mol. The summed E-state index contributed by atoms with van der Waals surface area (Å²) in [7, 11) is -3.52. The molecule has 0 spiro atoms. The average Bonchev–Trinajstić information content (AvgIpc) is 2.60. The summed E-state index contributed by atoms with van der Waals surface area (Å²) in [6.45, 7) is 2.84. The third-order valence-electron chi connectivity index (χ3n) is 1.97. The molecule has 0 aliphatic rings. The number of nitrogens with one attached hydrogen (secondary N) is 1. The molecule has 1 aromatic rings. The number of anilines is 1. The van der Waals surface area contributed by atoms with Gasteiger partial charge in [0.05, 0.1) is 0 Å². The first-order valence-electron chi connectivity index (χ1n) is 4.82. The van der Waals surface area contributed by atoms with Crippen molar-refractivity contribution in [3.05, 3.63) is 6.20 Å². The van der Waals surface area contributed by atoms with Gasteiger partial charge in [0.2, 0.25) is 10.0 Å². The largest absolute Gasteiger partial charge is 0.381 e. The predicted molar refractivity (Wildman–Crippen MR) is 65.9 cm³/mol. The second kappa shape index (κ2) is 5.55. The molecule has 3 N–H and O–H groups in total. The molecule has 8 heteroatoms. The van der Waals surface area contributed by atoms with Gasteiger partial charge in [0.25, 0.3) is 0 Å². The smallest absolute Gasteiger partial charge is 0.245 e. The van der Waals surface area contributed by atoms with E-state index in [2.05, 4.69) is 9.82 Å². The lowest BCUT2D eigenvalue weighted by Gasteiger charge is -2.03. The van der Waals surface area contributed by atoms with E-state index in [1.807, 2.05) is 13.2 Å². The molecule has 0 radical (unpaired) electrons. The molecule has 0 amide bonds. The molecule has 0 unspecified atom stereocenters. The fourth-order valence-corrected chi connectivity index (χ4v) is 2.68. The van der Waals surface area contributed by atoms with E-state index in [1.165, 1.54) is 10.9 Å². The zero-order valence-corrected chi connectivity index (χ0v) is 10.9. The summed E-state index contributed by atoms with van der Waals surface area (Å²) in [5.41, 5.74) is 5.55. The minimum absolute atomic E-state index is 0.0403. The predicted octanol–water partition coefficient (Wildman–Crippen LogP) is 0.126. The van der Waals surface area contributed by atoms with Gasteiger partial charge in [-0.1, -0.05) is 0 Å². The van der Waals surface area contributed by atoms with Gasteiger partial charge in [-0.2, -0.15) is 16.9 Å². The van der Waals surface area contributed by atoms with Crippen LogP contribution in [0.5, 0.6) is 0 Å². The molecule has 0 aliphatic carbocycles. The van der Waals surface area contributed by atoms with Crippen molar-refractivity contribution in [1.82, 2.24) is 14.5 Å². The minimum atomic E-state index is -3.52. The Labute approximate surface area is 99.6 Å². The Balaban J connectivity index is 2.85. The van der Waals surface area contributed by atoms with E-state index in [0.717, 1.165) is 5.75 Å². The van der Waals surface area contributed by atoms with Crippen molar-refractivity contribution in [2.75, 3.05) is 24.3 Å². The Kier molecular flexibility index (Phi) is 4.63. The summed E-state index contributed by atoms with van der Waals surface area (Å²) in [4.78, 5) is 0.0513. The molecule has 92 valence electrons. The number of hydrogen-bond donors (Lipinski definition) is 2. The number of nitrogen functional groups attached to an aromatic ring is 1. The van der Waals surface area contributed by atoms with E-state index >= 15 is 0 Å². The number of nitrogens with two attached hydrogens (primary N) is 1. The molecule has 0 fully saturated rings. The van der Waals surface area contributed by atoms with E-state index < -0.39 is 10.0 Å². The van der Waals surface area contributed by atoms with Gasteiger partial charge < -0.3 is 5.73 Å². The molecular formula is C8H16N4O2S2. The maximum absolute atomic E-state index is 11.8. The fourth-order valence-electron chi connectivity index (χ4n) is 1.14. The number of aryl methyl sites for hydroxylation is 1. The lowest BCUT2D eigenvalue weighted by atomic mass is 10.6. The standard InChI is InChI=1S/C8H16N4O2S2/c1-3-12-6-7(8(9)11-12)16(13,14)10-4-5-15-2/h6,10H,3-5H2,1-2H3,(H2,9,11). The molecule has 1 heterocycles. The molecule has 0 saturated carbocycles. The molecule has 6 nitrogen and oxygen atoms in total. The van der Waals surface area contributed by atoms with Crippen LogP contribution in [-0.4, -0.2) is 36.8 Å². The molecule has 0 atom stereocenters. The second-order valence-electron chi connectivity index (χ2n) is 3.12. The number of sulfonamides is 1. The molecule has 0 aliphatic heterocycles. The quantitative estimate of drug-likeness (QED) is 0.713. The molecule has 0 aromatic carbocycles. The molecular weight excluding hydrogens is 248 g/mol. The van der Waals surface area contributed by atoms with E-state index in [0.29, 0.717) is 13.1 Å². The summed E-state index contributed by atoms with van der Waals surface area (Å²) in [5.74, 6) is 0.764. The number of rotatable bonds is 6. The number of nitrogens with zero attached hydrogens (tertiary/aromatic N) is 2. The highest BCUT2D eigenvalue weighted by Crippen LogP contribution is 2.15. The molecule has 1 rings (SSSR count). The first kappa shape index (κ1) is 13.3. The zero-order chi connectivity index (χ0) is 12.2. The minimum Gasteiger partial charge on any atom is -0.381 e. The summed E-state index contributed by atoms with van der Waals surface area (Å²) in [6.07, 6.45) is 3.36. The van der Waals surface area contributed by atoms with Gasteiger partial charge in [-0.15, -0.1) is 0 Å². The Bertz CT molecular complexity index is 441. The molecule has 1 aromatic heterocycles. The van der Waals surface area contributed by atoms with Crippen LogP contribution in [0.1, 0.15) is 6.92 Å². The molecule has 0 saturated heterocycles. The third-order valence-corrected chi connectivity index (χ3v) is 4.06. The van der Waals surface area contributed by atoms with Gasteiger partial charge in [-0.05, 0) is 13.2 Å². The lowest BCUT2D eigenvalue weighted by Crippen LogP contribution is -2.26. The second-order valence-corrected chi connectivity index (χ2v) is 5.85. The van der Waals surface area contributed by atoms with Crippen molar-refractivity contribution in [1.29, 1.82) is 0 Å². The number of thioether (sulfide) groups is 1. The van der Waals surface area contributed by atoms with Crippen LogP contribution in [0.15, 0.2) is 11.1 Å². The highest BCUT2D eigenvalue weighted by atomic mass is 32.2. The van der Waals surface area contributed by atoms with Crippen LogP contribution in [-0.2, 0) is 16.6 Å². The van der Waals surface area contributed by atoms with Gasteiger partial charge in [-0.25, -0.2) is 13.1 Å². The zero-order valence-electron chi connectivity index (χ0n) is 9.30. The Morgan fingerprint density at radius 1 is 1.62 bits per heavy atom. The molecule has 0 bridgehead atoms. The Morgan fingerprint density at radius 3 is 2.81 bits per heavy atom. The van der Waals surface area contributed by atoms with Crippen molar-refractivity contribution >= 4 is 27.6 Å². The highest BCUT2D eigenvalue weighted by molar-refractivity contribution is 7.98. The summed E-state index contributed by atoms with van der Waals surface area (Å²) >= 11 is 1.57. The van der Waals surface area contributed by atoms with Gasteiger partial charge in [-0.3, -0.25) is 4.68 Å². The van der Waals surface area contributed by atoms with Crippen LogP contribution in [0.3, 0.4) is 0 Å². The van der Waals surface area contributed by atoms with Gasteiger partial charge in [0, 0.05) is 25.0 Å². The van der Waals surface area contributed by atoms with Crippen LogP contribution < -0.4 is 10.5 Å². The number of aromatic nitrogens is 2. The SMILES string of the molecule is CCn1cc(S(=O)(=O)NCCSC)c(N)n1. The lowest BCUT2D eigenvalue weighted by molar-refractivity contribution is 0.584. The first-order valence-corrected chi connectivity index (χ1v) is 7.70. The highest BCUT2D eigenvalue weighted by Gasteiger charge is 2.20. The first-order chi connectivity index (χ1) is 7.51. The third kappa shape index (κ3) is 3.13. The topological polar surface area (TPSA) is 90.0 Å². The van der Waals surface area contributed by atoms with Crippen molar-refractivity contribution in [2.24, 2.45) is 0 Å². The van der Waals surface area contributed by atoms with Crippen LogP contribution in [0.25, 0.3) is 0 Å². The maximum Gasteiger partial charge on any atom is 0.245 e. The van der Waals surface area contributed by atoms with Gasteiger partial charge in [0.1, 0.15) is 4.90 Å². The van der Waals surface area contributed by atoms with Gasteiger partial charge in [0.15, 0.2) is 5.82 Å². The summed E-state index contributed by atoms with van der Waals surface area (Å²) in [5, 5.41) is 3.89. The summed E-state index contributed by atoms with van der Waals surface area (Å²) in [6, 6.07) is 0. The van der Waals surface area contributed by atoms with E-state index in [1.54, 1.807) is 11.8 Å². The number of hydrogen-bond acceptors (Lipinski definition) is 5. The van der Waals surface area contributed by atoms with E-state index in [-0.39, 0.29) is 10.7 Å². The van der Waals surface area contributed by atoms with Gasteiger partial charge >= 0.3 is 0 Å². The maximum atomic E-state index is 11.8. The fraction of sp³-hybridized carbons (Fsp3) is 0.625. The van der Waals surface area contributed by atoms with Crippen molar-refractivity contribution in [3.63, 3.8) is 0 Å². The Hall–Kier alpha value is -0.730. The van der Waals surface area contributed by atoms with E-state index in [4.69, 9.17) is 5.73 Å². The van der Waals surface area contributed by atoms with Crippen molar-refractivity contribution < 1.29 is 8.42 Å². The van der Waals surface area contributed by atoms with Crippen LogP contribution in [0.4, 0.5) is 5.82 Å². The summed E-state index contributed by atoms with van der Waals surface area (Å²) < 4.78 is 27.6. The van der Waals surface area contributed by atoms with Crippen LogP contribution >= 0.6 is 11.8 Å². The van der Waals surface area contributed by atoms with E-state index in [9.17, 15) is 8.42 Å². The van der Waals surface area contributed by atoms with Crippen LogP contribution in [0.2, 0.25) is 0 Å². The Morgan fingerprint density at radius 2 is 2.31 bits per heavy atom. The van der Waals surface area contributed by atoms with Crippen LogP contribution in [0, 0.1) is 0 Å².